The van der Waals surface area contributed by atoms with Gasteiger partial charge in [-0.2, -0.15) is 0 Å². The van der Waals surface area contributed by atoms with Crippen LogP contribution in [0.2, 0.25) is 0 Å². The molecule has 1 fully saturated rings. The van der Waals surface area contributed by atoms with Gasteiger partial charge in [0, 0.05) is 17.6 Å². The summed E-state index contributed by atoms with van der Waals surface area (Å²) < 4.78 is 1.05. The van der Waals surface area contributed by atoms with E-state index in [9.17, 15) is 4.79 Å². The third-order valence-corrected chi connectivity index (χ3v) is 3.93. The van der Waals surface area contributed by atoms with Crippen molar-refractivity contribution in [1.82, 2.24) is 10.2 Å². The number of hydrogen-bond donors (Lipinski definition) is 1. The quantitative estimate of drug-likeness (QED) is 0.923. The van der Waals surface area contributed by atoms with Gasteiger partial charge in [0.15, 0.2) is 0 Å². The number of benzene rings is 1. The first-order chi connectivity index (χ1) is 8.69. The van der Waals surface area contributed by atoms with Gasteiger partial charge < -0.3 is 10.2 Å². The van der Waals surface area contributed by atoms with Crippen LogP contribution in [0, 0.1) is 5.92 Å². The normalized spacial score (nSPS) is 19.2. The molecule has 1 saturated heterocycles. The van der Waals surface area contributed by atoms with Crippen LogP contribution in [0.25, 0.3) is 0 Å². The molecule has 0 radical (unpaired) electrons. The Morgan fingerprint density at radius 3 is 2.83 bits per heavy atom. The summed E-state index contributed by atoms with van der Waals surface area (Å²) in [5, 5.41) is 3.18. The second-order valence-corrected chi connectivity index (χ2v) is 5.77. The lowest BCUT2D eigenvalue weighted by Gasteiger charge is -2.16. The van der Waals surface area contributed by atoms with Gasteiger partial charge in [-0.05, 0) is 43.6 Å². The predicted molar refractivity (Wildman–Crippen MR) is 76.5 cm³/mol. The predicted octanol–water partition coefficient (Wildman–Crippen LogP) is 2.06. The second kappa shape index (κ2) is 6.34. The Morgan fingerprint density at radius 2 is 2.17 bits per heavy atom. The monoisotopic (exact) mass is 310 g/mol. The summed E-state index contributed by atoms with van der Waals surface area (Å²) in [6.45, 7) is 2.81. The first-order valence-electron chi connectivity index (χ1n) is 6.36. The second-order valence-electron chi connectivity index (χ2n) is 4.86. The van der Waals surface area contributed by atoms with Gasteiger partial charge in [0.2, 0.25) is 5.91 Å². The van der Waals surface area contributed by atoms with Crippen LogP contribution >= 0.6 is 15.9 Å². The minimum absolute atomic E-state index is 0.246. The molecule has 1 aromatic rings. The Morgan fingerprint density at radius 1 is 1.44 bits per heavy atom. The lowest BCUT2D eigenvalue weighted by atomic mass is 10.1. The highest BCUT2D eigenvalue weighted by Gasteiger charge is 2.25. The van der Waals surface area contributed by atoms with Crippen molar-refractivity contribution in [3.63, 3.8) is 0 Å². The van der Waals surface area contributed by atoms with Crippen LogP contribution < -0.4 is 5.32 Å². The zero-order valence-electron chi connectivity index (χ0n) is 10.7. The topological polar surface area (TPSA) is 32.3 Å². The minimum Gasteiger partial charge on any atom is -0.342 e. The van der Waals surface area contributed by atoms with Crippen LogP contribution in [0.5, 0.6) is 0 Å². The minimum atomic E-state index is 0.246. The van der Waals surface area contributed by atoms with Crippen LogP contribution in [-0.2, 0) is 11.2 Å². The Kier molecular flexibility index (Phi) is 4.78. The molecular formula is C14H19BrN2O. The molecule has 1 N–H and O–H groups in total. The van der Waals surface area contributed by atoms with Gasteiger partial charge in [-0.25, -0.2) is 0 Å². The molecule has 2 rings (SSSR count). The number of nitrogens with one attached hydrogen (secondary N) is 1. The van der Waals surface area contributed by atoms with Gasteiger partial charge in [-0.3, -0.25) is 4.79 Å². The van der Waals surface area contributed by atoms with Gasteiger partial charge in [0.25, 0.3) is 0 Å². The fourth-order valence-corrected chi connectivity index (χ4v) is 2.67. The number of carbonyl (C=O) groups is 1. The number of rotatable bonds is 4. The van der Waals surface area contributed by atoms with Crippen LogP contribution in [0.1, 0.15) is 12.0 Å². The number of likely N-dealkylation sites (tertiary alicyclic amines) is 1. The summed E-state index contributed by atoms with van der Waals surface area (Å²) in [5.74, 6) is 0.861. The molecule has 0 aliphatic carbocycles. The Hall–Kier alpha value is -0.870. The first-order valence-corrected chi connectivity index (χ1v) is 7.15. The zero-order chi connectivity index (χ0) is 13.0. The molecule has 4 heteroatoms. The molecule has 3 nitrogen and oxygen atoms in total. The highest BCUT2D eigenvalue weighted by molar-refractivity contribution is 9.10. The Labute approximate surface area is 117 Å². The van der Waals surface area contributed by atoms with Crippen molar-refractivity contribution in [1.29, 1.82) is 0 Å². The van der Waals surface area contributed by atoms with E-state index in [0.29, 0.717) is 12.3 Å². The lowest BCUT2D eigenvalue weighted by molar-refractivity contribution is -0.129. The van der Waals surface area contributed by atoms with E-state index < -0.39 is 0 Å². The highest BCUT2D eigenvalue weighted by atomic mass is 79.9. The van der Waals surface area contributed by atoms with Crippen LogP contribution in [0.15, 0.2) is 28.7 Å². The maximum atomic E-state index is 12.1. The maximum absolute atomic E-state index is 12.1. The molecular weight excluding hydrogens is 292 g/mol. The Balaban J connectivity index is 1.87. The molecule has 98 valence electrons. The first kappa shape index (κ1) is 13.6. The summed E-state index contributed by atoms with van der Waals surface area (Å²) >= 11 is 3.40. The van der Waals surface area contributed by atoms with E-state index in [1.807, 2.05) is 36.2 Å². The number of hydrogen-bond acceptors (Lipinski definition) is 2. The average Bonchev–Trinajstić information content (AvgIpc) is 2.81. The third-order valence-electron chi connectivity index (χ3n) is 3.40. The number of halogens is 1. The van der Waals surface area contributed by atoms with E-state index in [2.05, 4.69) is 21.2 Å². The van der Waals surface area contributed by atoms with Crippen LogP contribution in [-0.4, -0.2) is 37.5 Å². The molecule has 1 aliphatic heterocycles. The van der Waals surface area contributed by atoms with Crippen LogP contribution in [0.4, 0.5) is 0 Å². The van der Waals surface area contributed by atoms with Crippen molar-refractivity contribution >= 4 is 21.8 Å². The van der Waals surface area contributed by atoms with E-state index in [1.54, 1.807) is 0 Å². The lowest BCUT2D eigenvalue weighted by Crippen LogP contribution is -2.31. The van der Waals surface area contributed by atoms with Gasteiger partial charge >= 0.3 is 0 Å². The summed E-state index contributed by atoms with van der Waals surface area (Å²) in [6.07, 6.45) is 1.63. The molecule has 0 saturated carbocycles. The maximum Gasteiger partial charge on any atom is 0.226 e. The molecule has 1 heterocycles. The fourth-order valence-electron chi connectivity index (χ4n) is 2.40. The fraction of sp³-hybridized carbons (Fsp3) is 0.500. The third kappa shape index (κ3) is 3.56. The molecule has 1 unspecified atom stereocenters. The van der Waals surface area contributed by atoms with Gasteiger partial charge in [-0.15, -0.1) is 0 Å². The molecule has 1 aliphatic rings. The van der Waals surface area contributed by atoms with Crippen molar-refractivity contribution in [2.45, 2.75) is 12.8 Å². The number of amides is 1. The highest BCUT2D eigenvalue weighted by Crippen LogP contribution is 2.17. The molecule has 1 amide bonds. The smallest absolute Gasteiger partial charge is 0.226 e. The summed E-state index contributed by atoms with van der Waals surface area (Å²) in [7, 11) is 1.96. The molecule has 0 aromatic heterocycles. The molecule has 1 aromatic carbocycles. The van der Waals surface area contributed by atoms with Crippen molar-refractivity contribution in [2.75, 3.05) is 26.7 Å². The van der Waals surface area contributed by atoms with Crippen molar-refractivity contribution < 1.29 is 4.79 Å². The summed E-state index contributed by atoms with van der Waals surface area (Å²) in [4.78, 5) is 14.1. The van der Waals surface area contributed by atoms with E-state index >= 15 is 0 Å². The number of nitrogens with zero attached hydrogens (tertiary/aromatic N) is 1. The molecule has 18 heavy (non-hydrogen) atoms. The van der Waals surface area contributed by atoms with Gasteiger partial charge in [-0.1, -0.05) is 28.1 Å². The largest absolute Gasteiger partial charge is 0.342 e. The van der Waals surface area contributed by atoms with Crippen molar-refractivity contribution in [2.24, 2.45) is 5.92 Å². The standard InChI is InChI=1S/C14H19BrN2O/c1-16-9-12-6-7-17(10-12)14(18)8-11-2-4-13(15)5-3-11/h2-5,12,16H,6-10H2,1H3. The number of carbonyl (C=O) groups excluding carboxylic acids is 1. The van der Waals surface area contributed by atoms with Gasteiger partial charge in [0.05, 0.1) is 6.42 Å². The van der Waals surface area contributed by atoms with E-state index in [-0.39, 0.29) is 5.91 Å². The molecule has 0 spiro atoms. The van der Waals surface area contributed by atoms with Crippen molar-refractivity contribution in [3.05, 3.63) is 34.3 Å². The Bertz CT molecular complexity index is 405. The van der Waals surface area contributed by atoms with E-state index in [4.69, 9.17) is 0 Å². The molecule has 0 bridgehead atoms. The zero-order valence-corrected chi connectivity index (χ0v) is 12.2. The van der Waals surface area contributed by atoms with Crippen molar-refractivity contribution in [3.8, 4) is 0 Å². The van der Waals surface area contributed by atoms with E-state index in [0.717, 1.165) is 36.1 Å². The summed E-state index contributed by atoms with van der Waals surface area (Å²) in [5.41, 5.74) is 1.08. The van der Waals surface area contributed by atoms with E-state index in [1.165, 1.54) is 0 Å². The summed E-state index contributed by atoms with van der Waals surface area (Å²) in [6, 6.07) is 7.97. The van der Waals surface area contributed by atoms with Crippen LogP contribution in [0.3, 0.4) is 0 Å². The van der Waals surface area contributed by atoms with Gasteiger partial charge in [0.1, 0.15) is 0 Å². The molecule has 1 atom stereocenters. The average molecular weight is 311 g/mol. The SMILES string of the molecule is CNCC1CCN(C(=O)Cc2ccc(Br)cc2)C1.